The first kappa shape index (κ1) is 24.6. The molecule has 0 bridgehead atoms. The Hall–Kier alpha value is -2.55. The number of thioether (sulfide) groups is 1. The third-order valence-electron chi connectivity index (χ3n) is 5.70. The van der Waals surface area contributed by atoms with Crippen molar-refractivity contribution in [3.8, 4) is 5.75 Å². The first-order chi connectivity index (χ1) is 16.5. The van der Waals surface area contributed by atoms with Gasteiger partial charge in [-0.05, 0) is 47.4 Å². The van der Waals surface area contributed by atoms with Gasteiger partial charge in [0.2, 0.25) is 0 Å². The van der Waals surface area contributed by atoms with Crippen molar-refractivity contribution in [2.24, 2.45) is 0 Å². The van der Waals surface area contributed by atoms with E-state index in [1.165, 1.54) is 22.9 Å². The summed E-state index contributed by atoms with van der Waals surface area (Å²) in [4.78, 5) is 11.9. The summed E-state index contributed by atoms with van der Waals surface area (Å²) in [6.45, 7) is 2.56. The van der Waals surface area contributed by atoms with Crippen molar-refractivity contribution in [1.29, 1.82) is 0 Å². The highest BCUT2D eigenvalue weighted by atomic mass is 35.5. The van der Waals surface area contributed by atoms with Crippen LogP contribution in [0, 0.1) is 0 Å². The van der Waals surface area contributed by atoms with Crippen molar-refractivity contribution in [3.05, 3.63) is 87.9 Å². The Morgan fingerprint density at radius 1 is 1.06 bits per heavy atom. The lowest BCUT2D eigenvalue weighted by Crippen LogP contribution is -2.24. The van der Waals surface area contributed by atoms with E-state index in [9.17, 15) is 15.0 Å². The summed E-state index contributed by atoms with van der Waals surface area (Å²) in [6.07, 6.45) is 0.885. The number of anilines is 1. The van der Waals surface area contributed by atoms with Crippen LogP contribution in [0.4, 0.5) is 5.69 Å². The Balaban J connectivity index is 1.24. The number of rotatable bonds is 11. The molecule has 178 valence electrons. The van der Waals surface area contributed by atoms with Crippen LogP contribution in [0.2, 0.25) is 5.02 Å². The number of hydrogen-bond donors (Lipinski definition) is 5. The van der Waals surface area contributed by atoms with Crippen LogP contribution in [-0.2, 0) is 24.3 Å². The van der Waals surface area contributed by atoms with E-state index >= 15 is 0 Å². The van der Waals surface area contributed by atoms with E-state index in [0.29, 0.717) is 24.3 Å². The van der Waals surface area contributed by atoms with Crippen LogP contribution >= 0.6 is 23.4 Å². The molecule has 3 aromatic rings. The van der Waals surface area contributed by atoms with E-state index in [4.69, 9.17) is 11.6 Å². The molecule has 6 nitrogen and oxygen atoms in total. The lowest BCUT2D eigenvalue weighted by molar-refractivity contribution is -0.107. The summed E-state index contributed by atoms with van der Waals surface area (Å²) in [5.74, 6) is 0.0806. The van der Waals surface area contributed by atoms with E-state index < -0.39 is 11.5 Å². The van der Waals surface area contributed by atoms with Crippen LogP contribution in [0.5, 0.6) is 5.75 Å². The number of halogens is 1. The lowest BCUT2D eigenvalue weighted by Gasteiger charge is -2.16. The van der Waals surface area contributed by atoms with Gasteiger partial charge in [-0.25, -0.2) is 0 Å². The quantitative estimate of drug-likeness (QED) is 0.154. The minimum absolute atomic E-state index is 0.0806. The Morgan fingerprint density at radius 3 is 2.71 bits per heavy atom. The topological polar surface area (TPSA) is 93.6 Å². The van der Waals surface area contributed by atoms with Gasteiger partial charge in [-0.2, -0.15) is 0 Å². The highest BCUT2D eigenvalue weighted by Gasteiger charge is 2.28. The maximum absolute atomic E-state index is 11.1. The molecule has 2 atom stereocenters. The second-order valence-corrected chi connectivity index (χ2v) is 9.74. The molecule has 1 aliphatic heterocycles. The molecule has 1 heterocycles. The van der Waals surface area contributed by atoms with Crippen LogP contribution < -0.4 is 16.0 Å². The van der Waals surface area contributed by atoms with Crippen molar-refractivity contribution in [3.63, 3.8) is 0 Å². The van der Waals surface area contributed by atoms with Gasteiger partial charge in [0, 0.05) is 29.6 Å². The van der Waals surface area contributed by atoms with Crippen LogP contribution in [0.1, 0.15) is 28.4 Å². The van der Waals surface area contributed by atoms with E-state index in [1.54, 1.807) is 12.1 Å². The van der Waals surface area contributed by atoms with Crippen molar-refractivity contribution in [2.75, 3.05) is 18.4 Å². The van der Waals surface area contributed by atoms with Crippen molar-refractivity contribution in [2.45, 2.75) is 35.9 Å². The minimum Gasteiger partial charge on any atom is -0.506 e. The molecular weight excluding hydrogens is 470 g/mol. The molecule has 3 aromatic carbocycles. The molecule has 8 heteroatoms. The minimum atomic E-state index is -0.741. The zero-order valence-electron chi connectivity index (χ0n) is 18.6. The SMILES string of the molecule is O=CC1Nc2c(O)ccc([C@@H](O)CNCCc3cccc(CNCc4ccccc4Cl)c3)c2S1. The molecule has 0 fully saturated rings. The Morgan fingerprint density at radius 2 is 1.88 bits per heavy atom. The van der Waals surface area contributed by atoms with Crippen molar-refractivity contribution in [1.82, 2.24) is 10.6 Å². The molecule has 0 aliphatic carbocycles. The van der Waals surface area contributed by atoms with E-state index in [1.807, 2.05) is 24.3 Å². The predicted octanol–water partition coefficient (Wildman–Crippen LogP) is 4.24. The number of fused-ring (bicyclic) bond motifs is 1. The van der Waals surface area contributed by atoms with Crippen LogP contribution in [-0.4, -0.2) is 35.0 Å². The molecule has 4 rings (SSSR count). The van der Waals surface area contributed by atoms with Gasteiger partial charge in [-0.15, -0.1) is 0 Å². The van der Waals surface area contributed by atoms with Gasteiger partial charge in [0.25, 0.3) is 0 Å². The zero-order valence-corrected chi connectivity index (χ0v) is 20.2. The Labute approximate surface area is 208 Å². The zero-order chi connectivity index (χ0) is 23.9. The van der Waals surface area contributed by atoms with Gasteiger partial charge < -0.3 is 31.0 Å². The number of carbonyl (C=O) groups excluding carboxylic acids is 1. The highest BCUT2D eigenvalue weighted by Crippen LogP contribution is 2.46. The first-order valence-corrected chi connectivity index (χ1v) is 12.5. The maximum Gasteiger partial charge on any atom is 0.152 e. The number of carbonyl (C=O) groups is 1. The van der Waals surface area contributed by atoms with Gasteiger partial charge in [0.05, 0.1) is 11.8 Å². The standard InChI is InChI=1S/C26H28ClN3O3S/c27-21-7-2-1-6-19(21)14-29-13-18-5-3-4-17(12-18)10-11-28-15-23(33)20-8-9-22(32)25-26(20)34-24(16-31)30-25/h1-9,12,16,23-24,28-30,32-33H,10-11,13-15H2/t23-,24?/m0/s1. The Bertz CT molecular complexity index is 1140. The summed E-state index contributed by atoms with van der Waals surface area (Å²) < 4.78 is 0. The van der Waals surface area contributed by atoms with Crippen molar-refractivity contribution < 1.29 is 15.0 Å². The number of hydrogen-bond acceptors (Lipinski definition) is 7. The molecule has 34 heavy (non-hydrogen) atoms. The molecule has 5 N–H and O–H groups in total. The normalized spacial score (nSPS) is 15.5. The van der Waals surface area contributed by atoms with Crippen LogP contribution in [0.15, 0.2) is 65.6 Å². The van der Waals surface area contributed by atoms with E-state index in [2.05, 4.69) is 40.2 Å². The van der Waals surface area contributed by atoms with Gasteiger partial charge in [0.15, 0.2) is 6.29 Å². The number of aromatic hydroxyl groups is 1. The summed E-state index contributed by atoms with van der Waals surface area (Å²) in [7, 11) is 0. The van der Waals surface area contributed by atoms with Crippen LogP contribution in [0.25, 0.3) is 0 Å². The van der Waals surface area contributed by atoms with Gasteiger partial charge in [-0.3, -0.25) is 0 Å². The number of phenols is 1. The number of benzene rings is 3. The molecule has 0 saturated heterocycles. The van der Waals surface area contributed by atoms with Crippen LogP contribution in [0.3, 0.4) is 0 Å². The summed E-state index contributed by atoms with van der Waals surface area (Å²) >= 11 is 7.53. The van der Waals surface area contributed by atoms with Gasteiger partial charge in [0.1, 0.15) is 11.1 Å². The largest absolute Gasteiger partial charge is 0.506 e. The number of aldehydes is 1. The fourth-order valence-corrected chi connectivity index (χ4v) is 5.25. The smallest absolute Gasteiger partial charge is 0.152 e. The van der Waals surface area contributed by atoms with Crippen molar-refractivity contribution >= 4 is 35.3 Å². The average molecular weight is 498 g/mol. The predicted molar refractivity (Wildman–Crippen MR) is 137 cm³/mol. The molecule has 0 aromatic heterocycles. The number of nitrogens with one attached hydrogen (secondary N) is 3. The monoisotopic (exact) mass is 497 g/mol. The fourth-order valence-electron chi connectivity index (χ4n) is 3.94. The molecule has 1 unspecified atom stereocenters. The summed E-state index contributed by atoms with van der Waals surface area (Å²) in [5.41, 5.74) is 4.72. The number of aliphatic hydroxyl groups is 1. The average Bonchev–Trinajstić information content (AvgIpc) is 3.29. The second-order valence-electron chi connectivity index (χ2n) is 8.18. The third kappa shape index (κ3) is 6.11. The third-order valence-corrected chi connectivity index (χ3v) is 7.23. The summed E-state index contributed by atoms with van der Waals surface area (Å²) in [6, 6.07) is 19.5. The highest BCUT2D eigenvalue weighted by molar-refractivity contribution is 8.01. The number of phenolic OH excluding ortho intramolecular Hbond substituents is 1. The Kier molecular flexibility index (Phi) is 8.48. The molecular formula is C26H28ClN3O3S. The molecule has 1 aliphatic rings. The fraction of sp³-hybridized carbons (Fsp3) is 0.269. The van der Waals surface area contributed by atoms with Gasteiger partial charge in [-0.1, -0.05) is 71.9 Å². The van der Waals surface area contributed by atoms with Gasteiger partial charge >= 0.3 is 0 Å². The van der Waals surface area contributed by atoms with E-state index in [-0.39, 0.29) is 5.75 Å². The first-order valence-electron chi connectivity index (χ1n) is 11.2. The maximum atomic E-state index is 11.1. The lowest BCUT2D eigenvalue weighted by atomic mass is 10.1. The molecule has 0 amide bonds. The molecule has 0 radical (unpaired) electrons. The molecule has 0 spiro atoms. The number of aliphatic hydroxyl groups excluding tert-OH is 1. The second kappa shape index (κ2) is 11.7. The summed E-state index contributed by atoms with van der Waals surface area (Å²) in [5, 5.41) is 30.8. The molecule has 0 saturated carbocycles. The van der Waals surface area contributed by atoms with E-state index in [0.717, 1.165) is 41.3 Å².